The van der Waals surface area contributed by atoms with Crippen molar-refractivity contribution in [2.24, 2.45) is 0 Å². The van der Waals surface area contributed by atoms with Crippen LogP contribution in [0.15, 0.2) is 22.5 Å². The second-order valence-electron chi connectivity index (χ2n) is 4.72. The van der Waals surface area contributed by atoms with Gasteiger partial charge in [0.2, 0.25) is 5.13 Å². The lowest BCUT2D eigenvalue weighted by Gasteiger charge is -2.16. The highest BCUT2D eigenvalue weighted by atomic mass is 35.5. The number of carbonyl (C=O) groups excluding carboxylic acids is 1. The van der Waals surface area contributed by atoms with Crippen LogP contribution in [0.3, 0.4) is 0 Å². The highest BCUT2D eigenvalue weighted by Gasteiger charge is 2.20. The van der Waals surface area contributed by atoms with Gasteiger partial charge in [-0.15, -0.1) is 10.2 Å². The summed E-state index contributed by atoms with van der Waals surface area (Å²) in [7, 11) is 0. The Kier molecular flexibility index (Phi) is 6.68. The van der Waals surface area contributed by atoms with Crippen LogP contribution in [0.25, 0.3) is 0 Å². The number of thioether (sulfide) groups is 1. The minimum Gasteiger partial charge on any atom is -0.481 e. The van der Waals surface area contributed by atoms with Gasteiger partial charge in [0.05, 0.1) is 0 Å². The molecule has 1 aromatic heterocycles. The standard InChI is InChI=1S/C15H18ClN3O2S2/c1-4-12(21-10-6-7-11(16)9(3)8-10)13(20)17-14-18-19-15(23-14)22-5-2/h6-8,12H,4-5H2,1-3H3,(H,17,18,20)/t12-/m1/s1. The summed E-state index contributed by atoms with van der Waals surface area (Å²) < 4.78 is 6.61. The average molecular weight is 372 g/mol. The molecule has 0 spiro atoms. The lowest BCUT2D eigenvalue weighted by atomic mass is 10.2. The number of hydrogen-bond donors (Lipinski definition) is 1. The number of anilines is 1. The summed E-state index contributed by atoms with van der Waals surface area (Å²) in [4.78, 5) is 12.3. The van der Waals surface area contributed by atoms with Gasteiger partial charge in [-0.1, -0.05) is 48.5 Å². The van der Waals surface area contributed by atoms with Gasteiger partial charge in [-0.25, -0.2) is 0 Å². The van der Waals surface area contributed by atoms with Crippen molar-refractivity contribution in [1.29, 1.82) is 0 Å². The molecule has 0 radical (unpaired) electrons. The van der Waals surface area contributed by atoms with E-state index >= 15 is 0 Å². The summed E-state index contributed by atoms with van der Waals surface area (Å²) in [6.45, 7) is 5.83. The molecule has 0 aliphatic carbocycles. The molecular formula is C15H18ClN3O2S2. The molecule has 2 rings (SSSR count). The van der Waals surface area contributed by atoms with Crippen LogP contribution in [-0.4, -0.2) is 28.0 Å². The van der Waals surface area contributed by atoms with Gasteiger partial charge in [-0.05, 0) is 42.9 Å². The van der Waals surface area contributed by atoms with Gasteiger partial charge < -0.3 is 4.74 Å². The molecule has 1 amide bonds. The lowest BCUT2D eigenvalue weighted by Crippen LogP contribution is -2.32. The molecular weight excluding hydrogens is 354 g/mol. The molecule has 0 aliphatic rings. The van der Waals surface area contributed by atoms with Crippen molar-refractivity contribution in [1.82, 2.24) is 10.2 Å². The Morgan fingerprint density at radius 3 is 2.87 bits per heavy atom. The van der Waals surface area contributed by atoms with Gasteiger partial charge in [0.1, 0.15) is 5.75 Å². The second-order valence-corrected chi connectivity index (χ2v) is 7.62. The summed E-state index contributed by atoms with van der Waals surface area (Å²) in [5.74, 6) is 1.30. The van der Waals surface area contributed by atoms with Crippen molar-refractivity contribution in [3.63, 3.8) is 0 Å². The van der Waals surface area contributed by atoms with E-state index in [1.54, 1.807) is 23.9 Å². The lowest BCUT2D eigenvalue weighted by molar-refractivity contribution is -0.122. The quantitative estimate of drug-likeness (QED) is 0.577. The van der Waals surface area contributed by atoms with E-state index in [2.05, 4.69) is 15.5 Å². The zero-order valence-corrected chi connectivity index (χ0v) is 15.5. The molecule has 0 aliphatic heterocycles. The molecule has 1 atom stereocenters. The molecule has 23 heavy (non-hydrogen) atoms. The molecule has 5 nitrogen and oxygen atoms in total. The minimum atomic E-state index is -0.596. The number of aryl methyl sites for hydroxylation is 1. The largest absolute Gasteiger partial charge is 0.481 e. The zero-order chi connectivity index (χ0) is 16.8. The van der Waals surface area contributed by atoms with E-state index in [-0.39, 0.29) is 5.91 Å². The van der Waals surface area contributed by atoms with E-state index in [4.69, 9.17) is 16.3 Å². The summed E-state index contributed by atoms with van der Waals surface area (Å²) in [5.41, 5.74) is 0.907. The van der Waals surface area contributed by atoms with Crippen molar-refractivity contribution in [3.05, 3.63) is 28.8 Å². The maximum Gasteiger partial charge on any atom is 0.267 e. The number of halogens is 1. The molecule has 0 unspecified atom stereocenters. The van der Waals surface area contributed by atoms with Crippen LogP contribution >= 0.6 is 34.7 Å². The number of ether oxygens (including phenoxy) is 1. The minimum absolute atomic E-state index is 0.232. The molecule has 124 valence electrons. The van der Waals surface area contributed by atoms with Crippen LogP contribution < -0.4 is 10.1 Å². The van der Waals surface area contributed by atoms with E-state index in [1.807, 2.05) is 26.8 Å². The topological polar surface area (TPSA) is 64.1 Å². The highest BCUT2D eigenvalue weighted by molar-refractivity contribution is 8.01. The van der Waals surface area contributed by atoms with E-state index in [1.165, 1.54) is 11.3 Å². The van der Waals surface area contributed by atoms with Crippen LogP contribution in [0, 0.1) is 6.92 Å². The number of nitrogens with zero attached hydrogens (tertiary/aromatic N) is 2. The van der Waals surface area contributed by atoms with Crippen LogP contribution in [-0.2, 0) is 4.79 Å². The molecule has 0 saturated heterocycles. The fraction of sp³-hybridized carbons (Fsp3) is 0.400. The van der Waals surface area contributed by atoms with E-state index in [0.29, 0.717) is 22.3 Å². The van der Waals surface area contributed by atoms with Gasteiger partial charge in [0.15, 0.2) is 10.4 Å². The Hall–Kier alpha value is -1.31. The molecule has 0 bridgehead atoms. The summed E-state index contributed by atoms with van der Waals surface area (Å²) in [6.07, 6.45) is -0.0511. The van der Waals surface area contributed by atoms with Crippen LogP contribution in [0.1, 0.15) is 25.8 Å². The van der Waals surface area contributed by atoms with E-state index < -0.39 is 6.10 Å². The number of aromatic nitrogens is 2. The first-order valence-electron chi connectivity index (χ1n) is 7.23. The van der Waals surface area contributed by atoms with Crippen molar-refractivity contribution >= 4 is 45.7 Å². The first-order valence-corrected chi connectivity index (χ1v) is 9.41. The predicted octanol–water partition coefficient (Wildman–Crippen LogP) is 4.41. The molecule has 1 N–H and O–H groups in total. The van der Waals surface area contributed by atoms with Gasteiger partial charge >= 0.3 is 0 Å². The maximum atomic E-state index is 12.3. The predicted molar refractivity (Wildman–Crippen MR) is 95.8 cm³/mol. The second kappa shape index (κ2) is 8.52. The van der Waals surface area contributed by atoms with Gasteiger partial charge in [0.25, 0.3) is 5.91 Å². The Labute approximate surface area is 148 Å². The molecule has 0 saturated carbocycles. The highest BCUT2D eigenvalue weighted by Crippen LogP contribution is 2.26. The van der Waals surface area contributed by atoms with E-state index in [9.17, 15) is 4.79 Å². The van der Waals surface area contributed by atoms with Gasteiger partial charge in [-0.3, -0.25) is 10.1 Å². The first kappa shape index (κ1) is 18.0. The van der Waals surface area contributed by atoms with Crippen molar-refractivity contribution in [3.8, 4) is 5.75 Å². The van der Waals surface area contributed by atoms with Crippen LogP contribution in [0.5, 0.6) is 5.75 Å². The first-order chi connectivity index (χ1) is 11.0. The summed E-state index contributed by atoms with van der Waals surface area (Å²) >= 11 is 8.95. The summed E-state index contributed by atoms with van der Waals surface area (Å²) in [5, 5.41) is 11.9. The van der Waals surface area contributed by atoms with Crippen molar-refractivity contribution < 1.29 is 9.53 Å². The molecule has 8 heteroatoms. The number of amides is 1. The Bertz CT molecular complexity index is 678. The van der Waals surface area contributed by atoms with Crippen LogP contribution in [0.2, 0.25) is 5.02 Å². The molecule has 0 fully saturated rings. The third-order valence-electron chi connectivity index (χ3n) is 2.98. The third kappa shape index (κ3) is 5.09. The van der Waals surface area contributed by atoms with Gasteiger partial charge in [0, 0.05) is 5.02 Å². The fourth-order valence-corrected chi connectivity index (χ4v) is 3.57. The summed E-state index contributed by atoms with van der Waals surface area (Å²) in [6, 6.07) is 5.33. The maximum absolute atomic E-state index is 12.3. The molecule has 1 aromatic carbocycles. The number of carbonyl (C=O) groups is 1. The number of rotatable bonds is 7. The molecule has 1 heterocycles. The number of benzene rings is 1. The third-order valence-corrected chi connectivity index (χ3v) is 5.25. The Morgan fingerprint density at radius 2 is 2.22 bits per heavy atom. The number of nitrogens with one attached hydrogen (secondary N) is 1. The normalized spacial score (nSPS) is 12.0. The van der Waals surface area contributed by atoms with Gasteiger partial charge in [-0.2, -0.15) is 0 Å². The SMILES string of the molecule is CCSc1nnc(NC(=O)[C@@H](CC)Oc2ccc(Cl)c(C)c2)s1. The van der Waals surface area contributed by atoms with Crippen molar-refractivity contribution in [2.45, 2.75) is 37.6 Å². The average Bonchev–Trinajstić information content (AvgIpc) is 2.95. The zero-order valence-electron chi connectivity index (χ0n) is 13.1. The van der Waals surface area contributed by atoms with E-state index in [0.717, 1.165) is 15.7 Å². The fourth-order valence-electron chi connectivity index (χ4n) is 1.80. The smallest absolute Gasteiger partial charge is 0.267 e. The Balaban J connectivity index is 2.01. The Morgan fingerprint density at radius 1 is 1.43 bits per heavy atom. The van der Waals surface area contributed by atoms with Crippen LogP contribution in [0.4, 0.5) is 5.13 Å². The van der Waals surface area contributed by atoms with Crippen molar-refractivity contribution in [2.75, 3.05) is 11.1 Å². The monoisotopic (exact) mass is 371 g/mol. The number of hydrogen-bond acceptors (Lipinski definition) is 6. The molecule has 2 aromatic rings.